The van der Waals surface area contributed by atoms with Crippen molar-refractivity contribution in [3.05, 3.63) is 45.6 Å². The third-order valence-corrected chi connectivity index (χ3v) is 3.51. The fourth-order valence-corrected chi connectivity index (χ4v) is 2.60. The Morgan fingerprint density at radius 3 is 2.83 bits per heavy atom. The highest BCUT2D eigenvalue weighted by molar-refractivity contribution is 9.12. The third-order valence-electron chi connectivity index (χ3n) is 2.77. The Morgan fingerprint density at radius 2 is 2.11 bits per heavy atom. The van der Waals surface area contributed by atoms with E-state index in [1.54, 1.807) is 4.90 Å². The van der Waals surface area contributed by atoms with Crippen molar-refractivity contribution < 1.29 is 4.85 Å². The molecule has 1 aromatic carbocycles. The van der Waals surface area contributed by atoms with Crippen LogP contribution in [0.25, 0.3) is 5.70 Å². The Morgan fingerprint density at radius 1 is 1.39 bits per heavy atom. The van der Waals surface area contributed by atoms with E-state index >= 15 is 0 Å². The summed E-state index contributed by atoms with van der Waals surface area (Å²) >= 11 is 3.42. The molecule has 92 valence electrons. The quantitative estimate of drug-likeness (QED) is 0.593. The van der Waals surface area contributed by atoms with Gasteiger partial charge < -0.3 is 10.9 Å². The van der Waals surface area contributed by atoms with Crippen molar-refractivity contribution in [2.75, 3.05) is 6.67 Å². The molecule has 18 heavy (non-hydrogen) atoms. The molecule has 2 heterocycles. The van der Waals surface area contributed by atoms with Crippen molar-refractivity contribution in [2.24, 2.45) is 10.7 Å². The molecule has 2 aliphatic heterocycles. The molecular weight excluding hydrogens is 298 g/mol. The lowest BCUT2D eigenvalue weighted by Gasteiger charge is -2.17. The number of nitrogens with zero attached hydrogens (tertiary/aromatic N) is 3. The molecule has 2 aliphatic rings. The van der Waals surface area contributed by atoms with E-state index in [9.17, 15) is 5.21 Å². The van der Waals surface area contributed by atoms with E-state index < -0.39 is 0 Å². The lowest BCUT2D eigenvalue weighted by atomic mass is 10.1. The van der Waals surface area contributed by atoms with Gasteiger partial charge in [0.25, 0.3) is 5.96 Å². The number of nitrogens with one attached hydrogen (secondary N) is 1. The molecule has 0 fully saturated rings. The summed E-state index contributed by atoms with van der Waals surface area (Å²) in [6.45, 7) is 0.325. The zero-order valence-corrected chi connectivity index (χ0v) is 10.9. The number of aliphatic imine (C=N–C) groups is 1. The Balaban J connectivity index is 2.18. The maximum atomic E-state index is 11.7. The van der Waals surface area contributed by atoms with Crippen LogP contribution < -0.4 is 11.2 Å². The minimum absolute atomic E-state index is 0.304. The number of rotatable bonds is 1. The highest BCUT2D eigenvalue weighted by Gasteiger charge is 2.38. The number of hydrazine groups is 1. The summed E-state index contributed by atoms with van der Waals surface area (Å²) in [5, 5.41) is 11.7. The summed E-state index contributed by atoms with van der Waals surface area (Å²) in [6.07, 6.45) is 0. The Labute approximate surface area is 112 Å². The number of hydrogen-bond donors (Lipinski definition) is 2. The number of nitrogens with two attached hydrogens (primary N) is 1. The summed E-state index contributed by atoms with van der Waals surface area (Å²) < 4.78 is 0.628. The number of halogens is 1. The fourth-order valence-electron chi connectivity index (χ4n) is 1.91. The lowest BCUT2D eigenvalue weighted by molar-refractivity contribution is -0.512. The van der Waals surface area contributed by atoms with Crippen LogP contribution in [0, 0.1) is 5.21 Å². The van der Waals surface area contributed by atoms with Crippen LogP contribution in [0.1, 0.15) is 5.56 Å². The number of benzene rings is 1. The van der Waals surface area contributed by atoms with Crippen LogP contribution in [0.5, 0.6) is 0 Å². The van der Waals surface area contributed by atoms with E-state index in [4.69, 9.17) is 5.73 Å². The van der Waals surface area contributed by atoms with Crippen LogP contribution in [0.15, 0.2) is 39.8 Å². The SMILES string of the molecule is NC1=NC(c2ccccc2)=C(Br)C2=[N+]([O-])NCN12. The first kappa shape index (κ1) is 11.1. The Kier molecular flexibility index (Phi) is 2.48. The predicted molar refractivity (Wildman–Crippen MR) is 72.4 cm³/mol. The van der Waals surface area contributed by atoms with E-state index in [0.29, 0.717) is 33.5 Å². The number of amidine groups is 1. The molecule has 0 radical (unpaired) electrons. The molecule has 1 aromatic rings. The van der Waals surface area contributed by atoms with Crippen molar-refractivity contribution in [3.8, 4) is 0 Å². The first-order valence-corrected chi connectivity index (χ1v) is 6.13. The van der Waals surface area contributed by atoms with E-state index in [0.717, 1.165) is 5.56 Å². The molecule has 0 amide bonds. The van der Waals surface area contributed by atoms with Gasteiger partial charge >= 0.3 is 5.84 Å². The van der Waals surface area contributed by atoms with Gasteiger partial charge in [0.05, 0.1) is 5.70 Å². The first-order chi connectivity index (χ1) is 8.68. The van der Waals surface area contributed by atoms with Crippen molar-refractivity contribution in [1.29, 1.82) is 0 Å². The zero-order chi connectivity index (χ0) is 12.7. The van der Waals surface area contributed by atoms with Crippen LogP contribution in [0.3, 0.4) is 0 Å². The maximum absolute atomic E-state index is 11.7. The van der Waals surface area contributed by atoms with Gasteiger partial charge in [0.15, 0.2) is 6.67 Å². The summed E-state index contributed by atoms with van der Waals surface area (Å²) in [5.74, 6) is 0.735. The van der Waals surface area contributed by atoms with Gasteiger partial charge in [-0.15, -0.1) is 0 Å². The summed E-state index contributed by atoms with van der Waals surface area (Å²) in [4.78, 5) is 6.64. The van der Waals surface area contributed by atoms with Gasteiger partial charge in [0, 0.05) is 5.56 Å². The smallest absolute Gasteiger partial charge is 0.324 e. The monoisotopic (exact) mass is 307 g/mol. The van der Waals surface area contributed by atoms with Gasteiger partial charge in [-0.3, -0.25) is 0 Å². The molecular formula is C11H10BrN5O. The predicted octanol–water partition coefficient (Wildman–Crippen LogP) is 0.765. The van der Waals surface area contributed by atoms with Gasteiger partial charge in [0.1, 0.15) is 4.48 Å². The molecule has 0 bridgehead atoms. The van der Waals surface area contributed by atoms with Gasteiger partial charge in [-0.25, -0.2) is 5.43 Å². The topological polar surface area (TPSA) is 79.7 Å². The minimum Gasteiger partial charge on any atom is -0.692 e. The van der Waals surface area contributed by atoms with E-state index in [-0.39, 0.29) is 0 Å². The fraction of sp³-hybridized carbons (Fsp3) is 0.0909. The molecule has 0 atom stereocenters. The van der Waals surface area contributed by atoms with Crippen LogP contribution in [-0.4, -0.2) is 28.2 Å². The van der Waals surface area contributed by atoms with Crippen molar-refractivity contribution in [1.82, 2.24) is 10.3 Å². The van der Waals surface area contributed by atoms with Gasteiger partial charge in [0.2, 0.25) is 0 Å². The van der Waals surface area contributed by atoms with Crippen molar-refractivity contribution in [2.45, 2.75) is 0 Å². The van der Waals surface area contributed by atoms with Crippen molar-refractivity contribution in [3.63, 3.8) is 0 Å². The van der Waals surface area contributed by atoms with Crippen molar-refractivity contribution >= 4 is 33.4 Å². The second kappa shape index (κ2) is 4.02. The third kappa shape index (κ3) is 1.55. The molecule has 7 heteroatoms. The molecule has 3 N–H and O–H groups in total. The first-order valence-electron chi connectivity index (χ1n) is 5.33. The van der Waals surface area contributed by atoms with E-state index in [1.165, 1.54) is 0 Å². The summed E-state index contributed by atoms with van der Waals surface area (Å²) in [5.41, 5.74) is 10.1. The molecule has 0 aliphatic carbocycles. The summed E-state index contributed by atoms with van der Waals surface area (Å²) in [6, 6.07) is 9.58. The Bertz CT molecular complexity index is 593. The normalized spacial score (nSPS) is 18.7. The minimum atomic E-state index is 0.304. The standard InChI is InChI=1S/C11H10BrN5O/c12-8-9(7-4-2-1-3-5-7)15-11(13)16-6-14-17(18)10(8)16/h1-5,14H,6H2,(H2,13,15). The second-order valence-corrected chi connectivity index (χ2v) is 4.65. The number of guanidine groups is 1. The lowest BCUT2D eigenvalue weighted by Crippen LogP contribution is -2.43. The Hall–Kier alpha value is -2.02. The van der Waals surface area contributed by atoms with Crippen LogP contribution >= 0.6 is 15.9 Å². The van der Waals surface area contributed by atoms with Crippen LogP contribution in [0.4, 0.5) is 0 Å². The highest BCUT2D eigenvalue weighted by Crippen LogP contribution is 2.30. The zero-order valence-electron chi connectivity index (χ0n) is 9.30. The van der Waals surface area contributed by atoms with Gasteiger partial charge in [-0.1, -0.05) is 30.3 Å². The number of hydrazone groups is 1. The molecule has 0 aromatic heterocycles. The van der Waals surface area contributed by atoms with Gasteiger partial charge in [-0.2, -0.15) is 14.7 Å². The highest BCUT2D eigenvalue weighted by atomic mass is 79.9. The van der Waals surface area contributed by atoms with E-state index in [1.807, 2.05) is 30.3 Å². The van der Waals surface area contributed by atoms with Crippen LogP contribution in [0.2, 0.25) is 0 Å². The number of hydrogen-bond acceptors (Lipinski definition) is 5. The molecule has 3 rings (SSSR count). The summed E-state index contributed by atoms with van der Waals surface area (Å²) in [7, 11) is 0. The average molecular weight is 308 g/mol. The van der Waals surface area contributed by atoms with E-state index in [2.05, 4.69) is 26.3 Å². The number of fused-ring (bicyclic) bond motifs is 1. The molecule has 6 nitrogen and oxygen atoms in total. The van der Waals surface area contributed by atoms with Gasteiger partial charge in [-0.05, 0) is 15.9 Å². The average Bonchev–Trinajstić information content (AvgIpc) is 2.78. The van der Waals surface area contributed by atoms with Crippen LogP contribution in [-0.2, 0) is 0 Å². The largest absolute Gasteiger partial charge is 0.692 e. The molecule has 0 saturated heterocycles. The molecule has 0 unspecified atom stereocenters. The molecule has 0 saturated carbocycles. The second-order valence-electron chi connectivity index (χ2n) is 3.86. The molecule has 0 spiro atoms. The maximum Gasteiger partial charge on any atom is 0.324 e.